The number of esters is 1. The van der Waals surface area contributed by atoms with Gasteiger partial charge in [0.05, 0.1) is 10.2 Å². The average molecular weight is 395 g/mol. The lowest BCUT2D eigenvalue weighted by atomic mass is 9.92. The summed E-state index contributed by atoms with van der Waals surface area (Å²) < 4.78 is 6.23. The third kappa shape index (κ3) is 3.22. The first-order valence-electron chi connectivity index (χ1n) is 8.67. The molecule has 1 aliphatic heterocycles. The maximum atomic E-state index is 12.8. The molecule has 3 amide bonds. The van der Waals surface area contributed by atoms with Crippen molar-refractivity contribution in [1.82, 2.24) is 15.2 Å². The molecule has 7 nitrogen and oxygen atoms in total. The highest BCUT2D eigenvalue weighted by Crippen LogP contribution is 2.28. The summed E-state index contributed by atoms with van der Waals surface area (Å²) in [5, 5.41) is 3.32. The molecule has 1 atom stereocenters. The van der Waals surface area contributed by atoms with Crippen molar-refractivity contribution in [2.75, 3.05) is 6.54 Å². The molecule has 2 aromatic carbocycles. The largest absolute Gasteiger partial charge is 0.457 e. The summed E-state index contributed by atoms with van der Waals surface area (Å²) in [7, 11) is 0. The molecule has 3 aromatic rings. The molecule has 1 fully saturated rings. The predicted octanol–water partition coefficient (Wildman–Crippen LogP) is 2.81. The summed E-state index contributed by atoms with van der Waals surface area (Å²) in [4.78, 5) is 42.5. The first-order valence-corrected chi connectivity index (χ1v) is 9.49. The molecule has 0 spiro atoms. The fraction of sp³-hybridized carbons (Fsp3) is 0.200. The zero-order valence-corrected chi connectivity index (χ0v) is 15.9. The second-order valence-electron chi connectivity index (χ2n) is 6.55. The molecule has 4 rings (SSSR count). The predicted molar refractivity (Wildman–Crippen MR) is 103 cm³/mol. The number of ether oxygens (including phenoxy) is 1. The first-order chi connectivity index (χ1) is 13.5. The Morgan fingerprint density at radius 3 is 2.61 bits per heavy atom. The number of thiazole rings is 1. The van der Waals surface area contributed by atoms with Crippen LogP contribution in [0.1, 0.15) is 17.5 Å². The Balaban J connectivity index is 1.41. The van der Waals surface area contributed by atoms with Gasteiger partial charge in [-0.05, 0) is 24.6 Å². The molecule has 2 heterocycles. The number of aromatic nitrogens is 1. The van der Waals surface area contributed by atoms with Crippen LogP contribution in [0.5, 0.6) is 0 Å². The summed E-state index contributed by atoms with van der Waals surface area (Å²) in [6.45, 7) is 1.17. The Bertz CT molecular complexity index is 1030. The van der Waals surface area contributed by atoms with E-state index in [9.17, 15) is 14.4 Å². The molecule has 1 aromatic heterocycles. The van der Waals surface area contributed by atoms with E-state index in [1.807, 2.05) is 30.3 Å². The number of rotatable bonds is 5. The Labute approximate surface area is 164 Å². The fourth-order valence-electron chi connectivity index (χ4n) is 3.11. The summed E-state index contributed by atoms with van der Waals surface area (Å²) >= 11 is 1.43. The first kappa shape index (κ1) is 18.1. The van der Waals surface area contributed by atoms with Crippen LogP contribution in [0.4, 0.5) is 4.79 Å². The van der Waals surface area contributed by atoms with Gasteiger partial charge >= 0.3 is 12.0 Å². The molecule has 8 heteroatoms. The number of fused-ring (bicyclic) bond motifs is 1. The van der Waals surface area contributed by atoms with E-state index in [4.69, 9.17) is 4.74 Å². The lowest BCUT2D eigenvalue weighted by Gasteiger charge is -2.21. The number of carbonyl (C=O) groups is 3. The van der Waals surface area contributed by atoms with E-state index < -0.39 is 30.0 Å². The molecule has 0 unspecified atom stereocenters. The summed E-state index contributed by atoms with van der Waals surface area (Å²) in [6.07, 6.45) is 0. The number of amides is 3. The van der Waals surface area contributed by atoms with E-state index >= 15 is 0 Å². The van der Waals surface area contributed by atoms with Gasteiger partial charge in [0, 0.05) is 0 Å². The minimum absolute atomic E-state index is 0.00220. The summed E-state index contributed by atoms with van der Waals surface area (Å²) in [5.41, 5.74) is 0.288. The molecule has 0 aliphatic carbocycles. The van der Waals surface area contributed by atoms with Crippen molar-refractivity contribution in [2.45, 2.75) is 19.1 Å². The zero-order valence-electron chi connectivity index (χ0n) is 15.0. The Hall–Kier alpha value is -3.26. The van der Waals surface area contributed by atoms with Crippen LogP contribution in [0.2, 0.25) is 0 Å². The molecular weight excluding hydrogens is 378 g/mol. The molecule has 0 saturated carbocycles. The van der Waals surface area contributed by atoms with Crippen LogP contribution >= 0.6 is 11.3 Å². The highest BCUT2D eigenvalue weighted by molar-refractivity contribution is 7.18. The molecule has 1 aliphatic rings. The van der Waals surface area contributed by atoms with Gasteiger partial charge in [-0.1, -0.05) is 42.5 Å². The molecule has 142 valence electrons. The quantitative estimate of drug-likeness (QED) is 0.530. The van der Waals surface area contributed by atoms with Crippen molar-refractivity contribution in [3.63, 3.8) is 0 Å². The summed E-state index contributed by atoms with van der Waals surface area (Å²) in [6, 6.07) is 15.9. The standard InChI is InChI=1S/C20H17N3O4S/c1-20(13-7-3-2-4-8-13)18(25)23(19(26)22-20)11-17(24)27-12-16-21-14-9-5-6-10-15(14)28-16/h2-10H,11-12H2,1H3,(H,22,26)/t20-/m0/s1. The molecule has 1 N–H and O–H groups in total. The molecule has 1 saturated heterocycles. The van der Waals surface area contributed by atoms with Crippen molar-refractivity contribution >= 4 is 39.5 Å². The lowest BCUT2D eigenvalue weighted by Crippen LogP contribution is -2.41. The average Bonchev–Trinajstić information content (AvgIpc) is 3.21. The minimum Gasteiger partial charge on any atom is -0.457 e. The van der Waals surface area contributed by atoms with Gasteiger partial charge in [-0.15, -0.1) is 11.3 Å². The van der Waals surface area contributed by atoms with Gasteiger partial charge in [0.25, 0.3) is 5.91 Å². The zero-order chi connectivity index (χ0) is 19.7. The van der Waals surface area contributed by atoms with E-state index in [1.54, 1.807) is 31.2 Å². The van der Waals surface area contributed by atoms with Gasteiger partial charge in [0.2, 0.25) is 0 Å². The Morgan fingerprint density at radius 2 is 1.86 bits per heavy atom. The van der Waals surface area contributed by atoms with E-state index in [1.165, 1.54) is 11.3 Å². The number of para-hydroxylation sites is 1. The highest BCUT2D eigenvalue weighted by Gasteiger charge is 2.49. The SMILES string of the molecule is C[C@@]1(c2ccccc2)NC(=O)N(CC(=O)OCc2nc3ccccc3s2)C1=O. The highest BCUT2D eigenvalue weighted by atomic mass is 32.1. The molecular formula is C20H17N3O4S. The number of hydrogen-bond donors (Lipinski definition) is 1. The van der Waals surface area contributed by atoms with Gasteiger partial charge in [-0.3, -0.25) is 14.5 Å². The maximum absolute atomic E-state index is 12.8. The van der Waals surface area contributed by atoms with E-state index in [0.717, 1.165) is 15.1 Å². The van der Waals surface area contributed by atoms with Gasteiger partial charge in [-0.25, -0.2) is 9.78 Å². The van der Waals surface area contributed by atoms with Gasteiger partial charge in [0.1, 0.15) is 23.7 Å². The van der Waals surface area contributed by atoms with Crippen molar-refractivity contribution in [3.8, 4) is 0 Å². The van der Waals surface area contributed by atoms with E-state index in [0.29, 0.717) is 10.6 Å². The third-order valence-corrected chi connectivity index (χ3v) is 5.62. The number of imide groups is 1. The van der Waals surface area contributed by atoms with Gasteiger partial charge < -0.3 is 10.1 Å². The Kier molecular flexibility index (Phi) is 4.56. The van der Waals surface area contributed by atoms with Gasteiger partial charge in [-0.2, -0.15) is 0 Å². The van der Waals surface area contributed by atoms with Crippen LogP contribution in [0, 0.1) is 0 Å². The number of hydrogen-bond acceptors (Lipinski definition) is 6. The summed E-state index contributed by atoms with van der Waals surface area (Å²) in [5.74, 6) is -1.15. The second kappa shape index (κ2) is 7.05. The second-order valence-corrected chi connectivity index (χ2v) is 7.66. The smallest absolute Gasteiger partial charge is 0.326 e. The monoisotopic (exact) mass is 395 g/mol. The van der Waals surface area contributed by atoms with Crippen molar-refractivity contribution in [1.29, 1.82) is 0 Å². The van der Waals surface area contributed by atoms with Crippen molar-refractivity contribution in [3.05, 3.63) is 65.2 Å². The van der Waals surface area contributed by atoms with E-state index in [-0.39, 0.29) is 6.61 Å². The number of benzene rings is 2. The molecule has 0 radical (unpaired) electrons. The van der Waals surface area contributed by atoms with Crippen molar-refractivity contribution < 1.29 is 19.1 Å². The van der Waals surface area contributed by atoms with Crippen LogP contribution in [0.3, 0.4) is 0 Å². The maximum Gasteiger partial charge on any atom is 0.326 e. The van der Waals surface area contributed by atoms with Crippen LogP contribution < -0.4 is 5.32 Å². The topological polar surface area (TPSA) is 88.6 Å². The third-order valence-electron chi connectivity index (χ3n) is 4.61. The fourth-order valence-corrected chi connectivity index (χ4v) is 3.99. The van der Waals surface area contributed by atoms with Crippen LogP contribution in [-0.4, -0.2) is 34.3 Å². The number of carbonyl (C=O) groups excluding carboxylic acids is 3. The van der Waals surface area contributed by atoms with Crippen LogP contribution in [0.15, 0.2) is 54.6 Å². The van der Waals surface area contributed by atoms with E-state index in [2.05, 4.69) is 10.3 Å². The number of nitrogens with one attached hydrogen (secondary N) is 1. The molecule has 0 bridgehead atoms. The molecule has 28 heavy (non-hydrogen) atoms. The minimum atomic E-state index is -1.20. The normalized spacial score (nSPS) is 19.1. The van der Waals surface area contributed by atoms with Gasteiger partial charge in [0.15, 0.2) is 0 Å². The lowest BCUT2D eigenvalue weighted by molar-refractivity contribution is -0.148. The van der Waals surface area contributed by atoms with Crippen LogP contribution in [0.25, 0.3) is 10.2 Å². The number of urea groups is 1. The van der Waals surface area contributed by atoms with Crippen LogP contribution in [-0.2, 0) is 26.5 Å². The van der Waals surface area contributed by atoms with Crippen molar-refractivity contribution in [2.24, 2.45) is 0 Å². The Morgan fingerprint density at radius 1 is 1.14 bits per heavy atom. The number of nitrogens with zero attached hydrogens (tertiary/aromatic N) is 2.